The molecular weight excluding hydrogens is 186 g/mol. The Morgan fingerprint density at radius 1 is 1.53 bits per heavy atom. The van der Waals surface area contributed by atoms with Crippen LogP contribution in [0.25, 0.3) is 0 Å². The molecule has 15 heavy (non-hydrogen) atoms. The smallest absolute Gasteiger partial charge is 0.101 e. The molecule has 3 heteroatoms. The molecule has 0 bridgehead atoms. The lowest BCUT2D eigenvalue weighted by atomic mass is 10.0. The van der Waals surface area contributed by atoms with Crippen LogP contribution in [0.4, 0.5) is 0 Å². The molecular formula is C12H17N3. The summed E-state index contributed by atoms with van der Waals surface area (Å²) in [5.74, 6) is 1.61. The summed E-state index contributed by atoms with van der Waals surface area (Å²) in [6.45, 7) is 7.35. The predicted octanol–water partition coefficient (Wildman–Crippen LogP) is 2.32. The standard InChI is InChI=1S/C12H17N3/c1-8-9(2)14-10(3)15-7-11(4-5-13)6-12(8)15/h9,11H,4,6-7H2,1-3H3. The molecule has 2 unspecified atom stereocenters. The number of aliphatic imine (C=N–C) groups is 1. The average molecular weight is 203 g/mol. The number of nitriles is 1. The van der Waals surface area contributed by atoms with Crippen LogP contribution >= 0.6 is 0 Å². The zero-order chi connectivity index (χ0) is 11.0. The van der Waals surface area contributed by atoms with Crippen LogP contribution in [0.15, 0.2) is 16.3 Å². The van der Waals surface area contributed by atoms with E-state index in [4.69, 9.17) is 5.26 Å². The van der Waals surface area contributed by atoms with Gasteiger partial charge in [-0.25, -0.2) is 0 Å². The van der Waals surface area contributed by atoms with Gasteiger partial charge in [-0.2, -0.15) is 5.26 Å². The van der Waals surface area contributed by atoms with E-state index in [0.29, 0.717) is 18.4 Å². The summed E-state index contributed by atoms with van der Waals surface area (Å²) < 4.78 is 0. The van der Waals surface area contributed by atoms with Crippen molar-refractivity contribution < 1.29 is 0 Å². The maximum Gasteiger partial charge on any atom is 0.101 e. The highest BCUT2D eigenvalue weighted by Crippen LogP contribution is 2.35. The van der Waals surface area contributed by atoms with Gasteiger partial charge in [0.25, 0.3) is 0 Å². The van der Waals surface area contributed by atoms with Gasteiger partial charge in [-0.3, -0.25) is 4.99 Å². The van der Waals surface area contributed by atoms with Crippen molar-refractivity contribution in [2.75, 3.05) is 6.54 Å². The summed E-state index contributed by atoms with van der Waals surface area (Å²) in [5.41, 5.74) is 2.79. The first kappa shape index (κ1) is 10.2. The van der Waals surface area contributed by atoms with Crippen LogP contribution in [0.1, 0.15) is 33.6 Å². The van der Waals surface area contributed by atoms with E-state index in [1.54, 1.807) is 0 Å². The van der Waals surface area contributed by atoms with Crippen LogP contribution in [0.2, 0.25) is 0 Å². The molecule has 0 spiro atoms. The lowest BCUT2D eigenvalue weighted by Gasteiger charge is -2.28. The third kappa shape index (κ3) is 1.65. The second kappa shape index (κ2) is 3.69. The van der Waals surface area contributed by atoms with Gasteiger partial charge in [0, 0.05) is 18.7 Å². The molecule has 0 aromatic carbocycles. The molecule has 2 aliphatic rings. The van der Waals surface area contributed by atoms with Gasteiger partial charge in [0.1, 0.15) is 5.84 Å². The molecule has 0 aromatic rings. The number of amidine groups is 1. The molecule has 2 rings (SSSR count). The lowest BCUT2D eigenvalue weighted by molar-refractivity contribution is 0.492. The maximum atomic E-state index is 8.73. The van der Waals surface area contributed by atoms with E-state index >= 15 is 0 Å². The van der Waals surface area contributed by atoms with Crippen LogP contribution in [-0.4, -0.2) is 23.3 Å². The van der Waals surface area contributed by atoms with E-state index in [0.717, 1.165) is 18.8 Å². The third-order valence-corrected chi connectivity index (χ3v) is 3.48. The fraction of sp³-hybridized carbons (Fsp3) is 0.667. The molecule has 0 N–H and O–H groups in total. The van der Waals surface area contributed by atoms with Gasteiger partial charge in [-0.15, -0.1) is 0 Å². The molecule has 2 heterocycles. The Morgan fingerprint density at radius 2 is 2.27 bits per heavy atom. The van der Waals surface area contributed by atoms with Gasteiger partial charge < -0.3 is 4.90 Å². The third-order valence-electron chi connectivity index (χ3n) is 3.48. The average Bonchev–Trinajstić information content (AvgIpc) is 2.60. The lowest BCUT2D eigenvalue weighted by Crippen LogP contribution is -2.31. The van der Waals surface area contributed by atoms with Crippen molar-refractivity contribution in [2.45, 2.75) is 39.7 Å². The van der Waals surface area contributed by atoms with Crippen molar-refractivity contribution in [2.24, 2.45) is 10.9 Å². The minimum atomic E-state index is 0.317. The minimum Gasteiger partial charge on any atom is -0.334 e. The van der Waals surface area contributed by atoms with Crippen molar-refractivity contribution in [1.82, 2.24) is 4.90 Å². The van der Waals surface area contributed by atoms with Gasteiger partial charge in [0.15, 0.2) is 0 Å². The van der Waals surface area contributed by atoms with Crippen molar-refractivity contribution >= 4 is 5.84 Å². The fourth-order valence-electron chi connectivity index (χ4n) is 2.47. The SMILES string of the molecule is CC1=NC(C)C(C)=C2CC(CC#N)CN12. The van der Waals surface area contributed by atoms with E-state index < -0.39 is 0 Å². The highest BCUT2D eigenvalue weighted by molar-refractivity contribution is 5.83. The number of hydrogen-bond donors (Lipinski definition) is 0. The largest absolute Gasteiger partial charge is 0.334 e. The van der Waals surface area contributed by atoms with E-state index in [2.05, 4.69) is 36.7 Å². The molecule has 1 saturated heterocycles. The van der Waals surface area contributed by atoms with E-state index in [1.165, 1.54) is 11.3 Å². The summed E-state index contributed by atoms with van der Waals surface area (Å²) in [5, 5.41) is 8.73. The normalized spacial score (nSPS) is 30.0. The predicted molar refractivity (Wildman–Crippen MR) is 60.3 cm³/mol. The Balaban J connectivity index is 2.25. The van der Waals surface area contributed by atoms with Crippen LogP contribution in [0.3, 0.4) is 0 Å². The zero-order valence-corrected chi connectivity index (χ0v) is 9.62. The topological polar surface area (TPSA) is 39.4 Å². The molecule has 0 saturated carbocycles. The van der Waals surface area contributed by atoms with E-state index in [1.807, 2.05) is 0 Å². The Kier molecular flexibility index (Phi) is 2.52. The summed E-state index contributed by atoms with van der Waals surface area (Å²) in [7, 11) is 0. The minimum absolute atomic E-state index is 0.317. The van der Waals surface area contributed by atoms with E-state index in [-0.39, 0.29) is 0 Å². The summed E-state index contributed by atoms with van der Waals surface area (Å²) in [4.78, 5) is 6.89. The Morgan fingerprint density at radius 3 is 2.93 bits per heavy atom. The van der Waals surface area contributed by atoms with Gasteiger partial charge in [-0.1, -0.05) is 0 Å². The second-order valence-electron chi connectivity index (χ2n) is 4.52. The van der Waals surface area contributed by atoms with Crippen molar-refractivity contribution in [3.63, 3.8) is 0 Å². The quantitative estimate of drug-likeness (QED) is 0.656. The number of allylic oxidation sites excluding steroid dienone is 1. The van der Waals surface area contributed by atoms with Crippen LogP contribution in [0.5, 0.6) is 0 Å². The monoisotopic (exact) mass is 203 g/mol. The summed E-state index contributed by atoms with van der Waals surface area (Å²) >= 11 is 0. The fourth-order valence-corrected chi connectivity index (χ4v) is 2.47. The van der Waals surface area contributed by atoms with Crippen LogP contribution in [-0.2, 0) is 0 Å². The van der Waals surface area contributed by atoms with Gasteiger partial charge in [0.2, 0.25) is 0 Å². The number of nitrogens with zero attached hydrogens (tertiary/aromatic N) is 3. The van der Waals surface area contributed by atoms with Crippen LogP contribution in [0, 0.1) is 17.2 Å². The molecule has 0 amide bonds. The van der Waals surface area contributed by atoms with Crippen molar-refractivity contribution in [1.29, 1.82) is 5.26 Å². The first-order valence-electron chi connectivity index (χ1n) is 5.52. The summed E-state index contributed by atoms with van der Waals surface area (Å²) in [6, 6.07) is 2.59. The van der Waals surface area contributed by atoms with Gasteiger partial charge >= 0.3 is 0 Å². The highest BCUT2D eigenvalue weighted by Gasteiger charge is 2.32. The highest BCUT2D eigenvalue weighted by atomic mass is 15.2. The molecule has 1 fully saturated rings. The Labute approximate surface area is 91.1 Å². The van der Waals surface area contributed by atoms with Crippen molar-refractivity contribution in [3.8, 4) is 6.07 Å². The molecule has 2 aliphatic heterocycles. The summed E-state index contributed by atoms with van der Waals surface area (Å²) in [6.07, 6.45) is 1.71. The molecule has 80 valence electrons. The first-order valence-corrected chi connectivity index (χ1v) is 5.52. The maximum absolute atomic E-state index is 8.73. The first-order chi connectivity index (χ1) is 7.13. The molecule has 0 radical (unpaired) electrons. The zero-order valence-electron chi connectivity index (χ0n) is 9.62. The molecule has 0 aromatic heterocycles. The second-order valence-corrected chi connectivity index (χ2v) is 4.52. The van der Waals surface area contributed by atoms with Crippen LogP contribution < -0.4 is 0 Å². The Bertz CT molecular complexity index is 373. The Hall–Kier alpha value is -1.30. The molecule has 0 aliphatic carbocycles. The van der Waals surface area contributed by atoms with E-state index in [9.17, 15) is 0 Å². The van der Waals surface area contributed by atoms with Gasteiger partial charge in [-0.05, 0) is 38.7 Å². The number of hydrogen-bond acceptors (Lipinski definition) is 3. The van der Waals surface area contributed by atoms with Crippen molar-refractivity contribution in [3.05, 3.63) is 11.3 Å². The number of fused-ring (bicyclic) bond motifs is 1. The van der Waals surface area contributed by atoms with Gasteiger partial charge in [0.05, 0.1) is 12.1 Å². The number of rotatable bonds is 1. The molecule has 2 atom stereocenters. The molecule has 3 nitrogen and oxygen atoms in total.